The Bertz CT molecular complexity index is 1190. The Morgan fingerprint density at radius 1 is 1.18 bits per heavy atom. The molecule has 0 aliphatic rings. The van der Waals surface area contributed by atoms with E-state index in [2.05, 4.69) is 52.5 Å². The first kappa shape index (κ1) is 19.0. The van der Waals surface area contributed by atoms with Crippen molar-refractivity contribution >= 4 is 59.8 Å². The third-order valence-corrected chi connectivity index (χ3v) is 5.99. The van der Waals surface area contributed by atoms with Gasteiger partial charge >= 0.3 is 0 Å². The van der Waals surface area contributed by atoms with Crippen LogP contribution in [-0.4, -0.2) is 32.8 Å². The van der Waals surface area contributed by atoms with Crippen LogP contribution in [-0.2, 0) is 0 Å². The van der Waals surface area contributed by atoms with Gasteiger partial charge in [0.15, 0.2) is 5.82 Å². The van der Waals surface area contributed by atoms with Gasteiger partial charge in [0.1, 0.15) is 10.8 Å². The summed E-state index contributed by atoms with van der Waals surface area (Å²) in [6.07, 6.45) is 0. The van der Waals surface area contributed by atoms with Crippen LogP contribution in [0.2, 0.25) is 0 Å². The molecule has 0 fully saturated rings. The molecule has 2 heterocycles. The van der Waals surface area contributed by atoms with E-state index < -0.39 is 0 Å². The van der Waals surface area contributed by atoms with Crippen LogP contribution in [0.5, 0.6) is 5.75 Å². The Hall–Kier alpha value is -2.30. The van der Waals surface area contributed by atoms with Gasteiger partial charge in [-0.1, -0.05) is 27.3 Å². The second-order valence-corrected chi connectivity index (χ2v) is 8.57. The fourth-order valence-corrected chi connectivity index (χ4v) is 4.94. The number of benzene rings is 2. The number of carbonyl (C=O) groups excluding carboxylic acids is 1. The lowest BCUT2D eigenvalue weighted by atomic mass is 10.1. The molecule has 1 N–H and O–H groups in total. The van der Waals surface area contributed by atoms with Crippen LogP contribution < -0.4 is 10.1 Å². The summed E-state index contributed by atoms with van der Waals surface area (Å²) in [4.78, 5) is 13.5. The van der Waals surface area contributed by atoms with Gasteiger partial charge in [-0.15, -0.1) is 10.2 Å². The van der Waals surface area contributed by atoms with Crippen LogP contribution in [0, 0.1) is 6.92 Å². The molecule has 28 heavy (non-hydrogen) atoms. The fraction of sp³-hybridized carbons (Fsp3) is 0.111. The number of fused-ring (bicyclic) bond motifs is 1. The minimum Gasteiger partial charge on any atom is -0.495 e. The fourth-order valence-electron chi connectivity index (χ4n) is 2.66. The van der Waals surface area contributed by atoms with Gasteiger partial charge in [-0.25, -0.2) is 0 Å². The lowest BCUT2D eigenvalue weighted by Crippen LogP contribution is -2.13. The molecule has 0 saturated carbocycles. The molecule has 0 aliphatic carbocycles. The second-order valence-electron chi connectivity index (χ2n) is 5.85. The summed E-state index contributed by atoms with van der Waals surface area (Å²) in [5.74, 6) is 0.962. The zero-order valence-electron chi connectivity index (χ0n) is 14.7. The Morgan fingerprint density at radius 3 is 2.61 bits per heavy atom. The number of aromatic nitrogens is 4. The Kier molecular flexibility index (Phi) is 5.17. The minimum atomic E-state index is -0.263. The topological polar surface area (TPSA) is 81.4 Å². The van der Waals surface area contributed by atoms with Crippen LogP contribution in [0.4, 0.5) is 5.69 Å². The molecule has 0 aliphatic heterocycles. The molecule has 4 rings (SSSR count). The van der Waals surface area contributed by atoms with E-state index in [1.807, 2.05) is 37.3 Å². The average Bonchev–Trinajstić information content (AvgIpc) is 3.24. The van der Waals surface area contributed by atoms with E-state index in [1.54, 1.807) is 10.6 Å². The lowest BCUT2D eigenvalue weighted by molar-refractivity contribution is 0.102. The molecule has 4 aromatic rings. The molecule has 0 atom stereocenters. The standard InChI is InChI=1S/C18H13Br2N5O2S/c1-9-22-23-18-25(9)24-17(28-18)10-3-5-12(6-4-10)21-16(26)13-7-11(19)8-14(20)15(13)27-2/h3-8H,1-2H3,(H,21,26). The number of halogens is 2. The van der Waals surface area contributed by atoms with E-state index in [0.717, 1.165) is 25.8 Å². The molecule has 7 nitrogen and oxygen atoms in total. The maximum atomic E-state index is 12.7. The largest absolute Gasteiger partial charge is 0.495 e. The minimum absolute atomic E-state index is 0.263. The quantitative estimate of drug-likeness (QED) is 0.410. The van der Waals surface area contributed by atoms with E-state index in [1.165, 1.54) is 18.4 Å². The SMILES string of the molecule is COc1c(Br)cc(Br)cc1C(=O)Nc1ccc(-c2nn3c(C)nnc3s2)cc1. The Balaban J connectivity index is 1.57. The van der Waals surface area contributed by atoms with E-state index in [-0.39, 0.29) is 5.91 Å². The highest BCUT2D eigenvalue weighted by atomic mass is 79.9. The van der Waals surface area contributed by atoms with Gasteiger partial charge in [-0.05, 0) is 59.3 Å². The van der Waals surface area contributed by atoms with Crippen molar-refractivity contribution in [2.45, 2.75) is 6.92 Å². The first-order valence-electron chi connectivity index (χ1n) is 8.10. The number of ether oxygens (including phenoxy) is 1. The number of methoxy groups -OCH3 is 1. The smallest absolute Gasteiger partial charge is 0.259 e. The predicted molar refractivity (Wildman–Crippen MR) is 115 cm³/mol. The van der Waals surface area contributed by atoms with E-state index in [9.17, 15) is 4.79 Å². The summed E-state index contributed by atoms with van der Waals surface area (Å²) in [6, 6.07) is 11.0. The molecule has 0 radical (unpaired) electrons. The molecule has 0 spiro atoms. The molecule has 0 saturated heterocycles. The Labute approximate surface area is 181 Å². The van der Waals surface area contributed by atoms with Crippen LogP contribution in [0.25, 0.3) is 15.5 Å². The van der Waals surface area contributed by atoms with Crippen LogP contribution >= 0.6 is 43.2 Å². The van der Waals surface area contributed by atoms with Gasteiger partial charge in [-0.2, -0.15) is 9.61 Å². The monoisotopic (exact) mass is 521 g/mol. The van der Waals surface area contributed by atoms with Crippen molar-refractivity contribution in [1.29, 1.82) is 0 Å². The summed E-state index contributed by atoms with van der Waals surface area (Å²) in [6.45, 7) is 1.86. The van der Waals surface area contributed by atoms with Crippen molar-refractivity contribution in [2.24, 2.45) is 0 Å². The summed E-state index contributed by atoms with van der Waals surface area (Å²) in [5, 5.41) is 16.3. The third kappa shape index (κ3) is 3.54. The number of aryl methyl sites for hydroxylation is 1. The number of hydrogen-bond donors (Lipinski definition) is 1. The maximum absolute atomic E-state index is 12.7. The normalized spacial score (nSPS) is 11.0. The summed E-state index contributed by atoms with van der Waals surface area (Å²) >= 11 is 8.27. The van der Waals surface area contributed by atoms with E-state index in [0.29, 0.717) is 21.5 Å². The van der Waals surface area contributed by atoms with Crippen LogP contribution in [0.1, 0.15) is 16.2 Å². The molecule has 2 aromatic heterocycles. The molecule has 0 unspecified atom stereocenters. The van der Waals surface area contributed by atoms with Crippen LogP contribution in [0.3, 0.4) is 0 Å². The zero-order chi connectivity index (χ0) is 19.8. The predicted octanol–water partition coefficient (Wildman–Crippen LogP) is 4.95. The maximum Gasteiger partial charge on any atom is 0.259 e. The highest BCUT2D eigenvalue weighted by molar-refractivity contribution is 9.11. The summed E-state index contributed by atoms with van der Waals surface area (Å²) in [7, 11) is 1.53. The van der Waals surface area contributed by atoms with Gasteiger partial charge in [-0.3, -0.25) is 4.79 Å². The molecule has 142 valence electrons. The van der Waals surface area contributed by atoms with Gasteiger partial charge in [0.25, 0.3) is 5.91 Å². The highest BCUT2D eigenvalue weighted by Gasteiger charge is 2.17. The van der Waals surface area contributed by atoms with Gasteiger partial charge in [0.2, 0.25) is 4.96 Å². The average molecular weight is 523 g/mol. The number of carbonyl (C=O) groups is 1. The van der Waals surface area contributed by atoms with Gasteiger partial charge in [0.05, 0.1) is 17.1 Å². The molecule has 10 heteroatoms. The van der Waals surface area contributed by atoms with Gasteiger partial charge < -0.3 is 10.1 Å². The van der Waals surface area contributed by atoms with Crippen molar-refractivity contribution in [2.75, 3.05) is 12.4 Å². The summed E-state index contributed by atoms with van der Waals surface area (Å²) < 4.78 is 8.54. The number of nitrogens with zero attached hydrogens (tertiary/aromatic N) is 4. The van der Waals surface area contributed by atoms with Crippen molar-refractivity contribution in [3.8, 4) is 16.3 Å². The third-order valence-electron chi connectivity index (χ3n) is 3.99. The molecule has 0 bridgehead atoms. The first-order chi connectivity index (χ1) is 13.5. The number of nitrogens with one attached hydrogen (secondary N) is 1. The Morgan fingerprint density at radius 2 is 1.93 bits per heavy atom. The number of hydrogen-bond acceptors (Lipinski definition) is 6. The number of rotatable bonds is 4. The summed E-state index contributed by atoms with van der Waals surface area (Å²) in [5.41, 5.74) is 2.04. The molecule has 1 amide bonds. The van der Waals surface area contributed by atoms with Crippen LogP contribution in [0.15, 0.2) is 45.3 Å². The number of anilines is 1. The molecular weight excluding hydrogens is 510 g/mol. The molecular formula is C18H13Br2N5O2S. The van der Waals surface area contributed by atoms with Gasteiger partial charge in [0, 0.05) is 15.7 Å². The van der Waals surface area contributed by atoms with E-state index in [4.69, 9.17) is 4.74 Å². The second kappa shape index (κ2) is 7.61. The van der Waals surface area contributed by atoms with Crippen molar-refractivity contribution in [3.05, 3.63) is 56.7 Å². The van der Waals surface area contributed by atoms with Crippen molar-refractivity contribution < 1.29 is 9.53 Å². The van der Waals surface area contributed by atoms with E-state index >= 15 is 0 Å². The number of amides is 1. The van der Waals surface area contributed by atoms with Crippen molar-refractivity contribution in [1.82, 2.24) is 19.8 Å². The first-order valence-corrected chi connectivity index (χ1v) is 10.5. The molecule has 2 aromatic carbocycles. The lowest BCUT2D eigenvalue weighted by Gasteiger charge is -2.12. The van der Waals surface area contributed by atoms with Crippen molar-refractivity contribution in [3.63, 3.8) is 0 Å². The highest BCUT2D eigenvalue weighted by Crippen LogP contribution is 2.33. The zero-order valence-corrected chi connectivity index (χ0v) is 18.7.